The molecule has 4 heterocycles. The van der Waals surface area contributed by atoms with Crippen molar-refractivity contribution < 1.29 is 9.53 Å². The molecule has 0 saturated carbocycles. The van der Waals surface area contributed by atoms with Crippen molar-refractivity contribution in [1.29, 1.82) is 0 Å². The van der Waals surface area contributed by atoms with Gasteiger partial charge in [-0.2, -0.15) is 5.10 Å². The number of carbonyl (C=O) groups excluding carboxylic acids is 1. The molecule has 2 N–H and O–H groups in total. The molecule has 1 saturated heterocycles. The molecule has 1 unspecified atom stereocenters. The highest BCUT2D eigenvalue weighted by atomic mass is 32.1. The van der Waals surface area contributed by atoms with Gasteiger partial charge in [0.1, 0.15) is 22.7 Å². The zero-order valence-corrected chi connectivity index (χ0v) is 19.5. The van der Waals surface area contributed by atoms with Crippen LogP contribution in [0.3, 0.4) is 0 Å². The Bertz CT molecular complexity index is 1360. The van der Waals surface area contributed by atoms with E-state index in [1.54, 1.807) is 23.9 Å². The number of ether oxygens (including phenoxy) is 1. The third-order valence-corrected chi connectivity index (χ3v) is 7.68. The summed E-state index contributed by atoms with van der Waals surface area (Å²) >= 11 is 1.69. The molecule has 6 rings (SSSR count). The zero-order chi connectivity index (χ0) is 22.5. The Labute approximate surface area is 195 Å². The summed E-state index contributed by atoms with van der Waals surface area (Å²) < 4.78 is 6.09. The van der Waals surface area contributed by atoms with Crippen molar-refractivity contribution in [1.82, 2.24) is 25.1 Å². The van der Waals surface area contributed by atoms with E-state index in [9.17, 15) is 4.79 Å². The van der Waals surface area contributed by atoms with Crippen LogP contribution < -0.4 is 10.1 Å². The topological polar surface area (TPSA) is 96.0 Å². The Morgan fingerprint density at radius 2 is 2.18 bits per heavy atom. The molecule has 1 fully saturated rings. The normalized spacial score (nSPS) is 17.9. The summed E-state index contributed by atoms with van der Waals surface area (Å²) in [6.45, 7) is 5.85. The van der Waals surface area contributed by atoms with Gasteiger partial charge in [-0.3, -0.25) is 9.89 Å². The van der Waals surface area contributed by atoms with E-state index in [1.165, 1.54) is 10.4 Å². The van der Waals surface area contributed by atoms with Crippen LogP contribution in [0.25, 0.3) is 21.1 Å². The SMILES string of the molecule is CC(C)Oc1cc2[nH]ncc2cc1Nc1ncnc2sc3c(c12)CCC(C(=O)N1CCC1)C3. The minimum absolute atomic E-state index is 0.0334. The lowest BCUT2D eigenvalue weighted by atomic mass is 9.86. The molecule has 4 aromatic rings. The minimum atomic E-state index is 0.0334. The van der Waals surface area contributed by atoms with Gasteiger partial charge >= 0.3 is 0 Å². The number of fused-ring (bicyclic) bond motifs is 4. The van der Waals surface area contributed by atoms with Crippen LogP contribution >= 0.6 is 11.3 Å². The van der Waals surface area contributed by atoms with Gasteiger partial charge in [0.15, 0.2) is 0 Å². The van der Waals surface area contributed by atoms with Crippen molar-refractivity contribution in [2.45, 2.75) is 45.6 Å². The average Bonchev–Trinajstić information content (AvgIpc) is 3.35. The fraction of sp³-hybridized carbons (Fsp3) is 0.417. The summed E-state index contributed by atoms with van der Waals surface area (Å²) in [6.07, 6.45) is 7.12. The number of carbonyl (C=O) groups is 1. The predicted octanol–water partition coefficient (Wildman–Crippen LogP) is 4.44. The fourth-order valence-corrected chi connectivity index (χ4v) is 6.03. The lowest BCUT2D eigenvalue weighted by Gasteiger charge is -2.35. The smallest absolute Gasteiger partial charge is 0.226 e. The van der Waals surface area contributed by atoms with Gasteiger partial charge in [-0.25, -0.2) is 9.97 Å². The molecule has 0 radical (unpaired) electrons. The summed E-state index contributed by atoms with van der Waals surface area (Å²) in [7, 11) is 0. The Morgan fingerprint density at radius 3 is 2.97 bits per heavy atom. The van der Waals surface area contributed by atoms with Crippen molar-refractivity contribution >= 4 is 49.9 Å². The number of rotatable bonds is 5. The Morgan fingerprint density at radius 1 is 1.30 bits per heavy atom. The number of anilines is 2. The zero-order valence-electron chi connectivity index (χ0n) is 18.7. The first-order valence-electron chi connectivity index (χ1n) is 11.5. The second-order valence-electron chi connectivity index (χ2n) is 9.12. The van der Waals surface area contributed by atoms with E-state index >= 15 is 0 Å². The van der Waals surface area contributed by atoms with Crippen LogP contribution in [0.4, 0.5) is 11.5 Å². The number of nitrogens with one attached hydrogen (secondary N) is 2. The first-order chi connectivity index (χ1) is 16.1. The third kappa shape index (κ3) is 3.60. The predicted molar refractivity (Wildman–Crippen MR) is 129 cm³/mol. The van der Waals surface area contributed by atoms with Crippen LogP contribution in [-0.4, -0.2) is 50.2 Å². The summed E-state index contributed by atoms with van der Waals surface area (Å²) in [5, 5.41) is 12.7. The fourth-order valence-electron chi connectivity index (χ4n) is 4.76. The highest BCUT2D eigenvalue weighted by molar-refractivity contribution is 7.19. The van der Waals surface area contributed by atoms with Gasteiger partial charge < -0.3 is 15.0 Å². The van der Waals surface area contributed by atoms with Crippen LogP contribution in [0.1, 0.15) is 37.1 Å². The summed E-state index contributed by atoms with van der Waals surface area (Å²) in [5.74, 6) is 1.93. The van der Waals surface area contributed by atoms with Gasteiger partial charge in [0.25, 0.3) is 0 Å². The number of hydrogen-bond donors (Lipinski definition) is 2. The summed E-state index contributed by atoms with van der Waals surface area (Å²) in [4.78, 5) is 26.2. The molecular weight excluding hydrogens is 436 g/mol. The summed E-state index contributed by atoms with van der Waals surface area (Å²) in [5.41, 5.74) is 3.05. The standard InChI is InChI=1S/C24H26N6O2S/c1-13(2)32-19-10-17-15(11-27-29-17)8-18(19)28-22-21-16-5-4-14(24(31)30-6-3-7-30)9-20(16)33-23(21)26-12-25-22/h8,10-14H,3-7,9H2,1-2H3,(H,27,29)(H,25,26,28). The number of hydrogen-bond acceptors (Lipinski definition) is 7. The molecule has 33 heavy (non-hydrogen) atoms. The Hall–Kier alpha value is -3.20. The lowest BCUT2D eigenvalue weighted by molar-refractivity contribution is -0.139. The Balaban J connectivity index is 1.36. The lowest BCUT2D eigenvalue weighted by Crippen LogP contribution is -2.46. The number of nitrogens with zero attached hydrogens (tertiary/aromatic N) is 4. The second kappa shape index (κ2) is 7.98. The first kappa shape index (κ1) is 20.4. The average molecular weight is 463 g/mol. The van der Waals surface area contributed by atoms with Crippen LogP contribution in [0, 0.1) is 5.92 Å². The van der Waals surface area contributed by atoms with Gasteiger partial charge in [-0.05, 0) is 51.2 Å². The number of amides is 1. The summed E-state index contributed by atoms with van der Waals surface area (Å²) in [6, 6.07) is 4.00. The number of aromatic nitrogens is 4. The molecule has 0 spiro atoms. The van der Waals surface area contributed by atoms with E-state index in [2.05, 4.69) is 25.5 Å². The number of thiophene rings is 1. The van der Waals surface area contributed by atoms with E-state index in [4.69, 9.17) is 4.74 Å². The van der Waals surface area contributed by atoms with E-state index in [-0.39, 0.29) is 12.0 Å². The molecule has 1 aromatic carbocycles. The van der Waals surface area contributed by atoms with Crippen LogP contribution in [-0.2, 0) is 17.6 Å². The molecule has 1 atom stereocenters. The van der Waals surface area contributed by atoms with Gasteiger partial charge in [0, 0.05) is 35.3 Å². The molecule has 8 nitrogen and oxygen atoms in total. The molecule has 1 aliphatic heterocycles. The number of aryl methyl sites for hydroxylation is 1. The molecule has 0 bridgehead atoms. The van der Waals surface area contributed by atoms with Gasteiger partial charge in [-0.1, -0.05) is 0 Å². The van der Waals surface area contributed by atoms with Crippen molar-refractivity contribution in [2.24, 2.45) is 5.92 Å². The maximum atomic E-state index is 12.8. The molecule has 2 aliphatic rings. The van der Waals surface area contributed by atoms with Crippen molar-refractivity contribution in [3.8, 4) is 5.75 Å². The van der Waals surface area contributed by atoms with Crippen molar-refractivity contribution in [2.75, 3.05) is 18.4 Å². The van der Waals surface area contributed by atoms with Crippen molar-refractivity contribution in [3.05, 3.63) is 35.1 Å². The van der Waals surface area contributed by atoms with Crippen molar-refractivity contribution in [3.63, 3.8) is 0 Å². The monoisotopic (exact) mass is 462 g/mol. The maximum Gasteiger partial charge on any atom is 0.226 e. The van der Waals surface area contributed by atoms with E-state index < -0.39 is 0 Å². The molecule has 1 aliphatic carbocycles. The number of benzene rings is 1. The highest BCUT2D eigenvalue weighted by Crippen LogP contribution is 2.42. The molecule has 170 valence electrons. The molecule has 3 aromatic heterocycles. The van der Waals surface area contributed by atoms with Crippen LogP contribution in [0.15, 0.2) is 24.7 Å². The van der Waals surface area contributed by atoms with Crippen LogP contribution in [0.5, 0.6) is 5.75 Å². The van der Waals surface area contributed by atoms with Crippen LogP contribution in [0.2, 0.25) is 0 Å². The van der Waals surface area contributed by atoms with Gasteiger partial charge in [0.05, 0.1) is 28.9 Å². The second-order valence-corrected chi connectivity index (χ2v) is 10.2. The Kier molecular flexibility index (Phi) is 4.94. The largest absolute Gasteiger partial charge is 0.489 e. The molecular formula is C24H26N6O2S. The highest BCUT2D eigenvalue weighted by Gasteiger charge is 2.33. The van der Waals surface area contributed by atoms with Gasteiger partial charge in [0.2, 0.25) is 5.91 Å². The minimum Gasteiger partial charge on any atom is -0.489 e. The van der Waals surface area contributed by atoms with E-state index in [1.807, 2.05) is 30.9 Å². The number of aromatic amines is 1. The van der Waals surface area contributed by atoms with Gasteiger partial charge in [-0.15, -0.1) is 11.3 Å². The number of H-pyrrole nitrogens is 1. The maximum absolute atomic E-state index is 12.8. The first-order valence-corrected chi connectivity index (χ1v) is 12.3. The quantitative estimate of drug-likeness (QED) is 0.455. The van der Waals surface area contributed by atoms with E-state index in [0.29, 0.717) is 5.91 Å². The van der Waals surface area contributed by atoms with E-state index in [0.717, 1.165) is 77.1 Å². The molecule has 9 heteroatoms. The number of likely N-dealkylation sites (tertiary alicyclic amines) is 1. The molecule has 1 amide bonds. The third-order valence-electron chi connectivity index (χ3n) is 6.52.